The normalized spacial score (nSPS) is 11.8. The van der Waals surface area contributed by atoms with E-state index in [-0.39, 0.29) is 39.9 Å². The van der Waals surface area contributed by atoms with Crippen LogP contribution in [-0.4, -0.2) is 30.6 Å². The number of amides is 1. The zero-order valence-electron chi connectivity index (χ0n) is 16.8. The molecule has 1 N–H and O–H groups in total. The van der Waals surface area contributed by atoms with E-state index in [0.717, 1.165) is 6.20 Å². The summed E-state index contributed by atoms with van der Waals surface area (Å²) in [5.41, 5.74) is 0.184. The zero-order chi connectivity index (χ0) is 22.3. The molecule has 0 aliphatic heterocycles. The maximum Gasteiger partial charge on any atom is 0.276 e. The first-order chi connectivity index (χ1) is 14.6. The monoisotopic (exact) mass is 446 g/mol. The molecule has 0 atom stereocenters. The van der Waals surface area contributed by atoms with Crippen molar-refractivity contribution in [3.8, 4) is 11.6 Å². The van der Waals surface area contributed by atoms with E-state index in [1.54, 1.807) is 0 Å². The van der Waals surface area contributed by atoms with Crippen molar-refractivity contribution < 1.29 is 18.1 Å². The van der Waals surface area contributed by atoms with Crippen molar-refractivity contribution in [2.45, 2.75) is 32.7 Å². The first kappa shape index (κ1) is 20.9. The number of carbonyl (C=O) groups excluding carboxylic acids is 1. The van der Waals surface area contributed by atoms with Gasteiger partial charge >= 0.3 is 0 Å². The molecular formula is C20H17ClF2N6O2. The minimum Gasteiger partial charge on any atom is -0.347 e. The fourth-order valence-corrected chi connectivity index (χ4v) is 2.96. The topological polar surface area (TPSA) is 98.2 Å². The lowest BCUT2D eigenvalue weighted by Gasteiger charge is -2.11. The van der Waals surface area contributed by atoms with Crippen molar-refractivity contribution in [1.29, 1.82) is 0 Å². The molecule has 0 fully saturated rings. The molecule has 1 amide bonds. The fraction of sp³-hybridized carbons (Fsp3) is 0.250. The lowest BCUT2D eigenvalue weighted by Crippen LogP contribution is -2.24. The van der Waals surface area contributed by atoms with Gasteiger partial charge in [-0.2, -0.15) is 10.1 Å². The van der Waals surface area contributed by atoms with E-state index in [1.807, 2.05) is 20.8 Å². The van der Waals surface area contributed by atoms with E-state index in [4.69, 9.17) is 16.1 Å². The first-order valence-corrected chi connectivity index (χ1v) is 9.62. The molecule has 0 unspecified atom stereocenters. The average molecular weight is 447 g/mol. The molecule has 8 nitrogen and oxygen atoms in total. The van der Waals surface area contributed by atoms with Gasteiger partial charge in [-0.15, -0.1) is 0 Å². The SMILES string of the molecule is CC(C)(C)c1noc(-c2cc(C(=O)NCc3ccc(F)c(Cl)c3)nc3c(F)cnn23)n1. The van der Waals surface area contributed by atoms with E-state index >= 15 is 0 Å². The lowest BCUT2D eigenvalue weighted by molar-refractivity contribution is 0.0946. The lowest BCUT2D eigenvalue weighted by atomic mass is 9.96. The van der Waals surface area contributed by atoms with Crippen LogP contribution < -0.4 is 5.32 Å². The standard InChI is InChI=1S/C20H17ClF2N6O2/c1-20(2,3)19-27-18(31-28-19)15-7-14(26-16-13(23)9-25-29(15)16)17(30)24-8-10-4-5-12(22)11(21)6-10/h4-7,9H,8H2,1-3H3,(H,24,30). The van der Waals surface area contributed by atoms with Crippen molar-refractivity contribution >= 4 is 23.2 Å². The van der Waals surface area contributed by atoms with Crippen LogP contribution >= 0.6 is 11.6 Å². The summed E-state index contributed by atoms with van der Waals surface area (Å²) < 4.78 is 34.0. The maximum atomic E-state index is 14.2. The number of nitrogens with one attached hydrogen (secondary N) is 1. The molecule has 3 aromatic heterocycles. The third-order valence-corrected chi connectivity index (χ3v) is 4.70. The van der Waals surface area contributed by atoms with E-state index < -0.39 is 17.5 Å². The third kappa shape index (κ3) is 4.11. The largest absolute Gasteiger partial charge is 0.347 e. The molecule has 4 rings (SSSR count). The van der Waals surface area contributed by atoms with Crippen LogP contribution in [0, 0.1) is 11.6 Å². The molecule has 160 valence electrons. The second-order valence-electron chi connectivity index (χ2n) is 7.86. The predicted molar refractivity (Wildman–Crippen MR) is 108 cm³/mol. The Morgan fingerprint density at radius 2 is 1.97 bits per heavy atom. The Morgan fingerprint density at radius 3 is 2.65 bits per heavy atom. The summed E-state index contributed by atoms with van der Waals surface area (Å²) >= 11 is 5.76. The Kier molecular flexibility index (Phi) is 5.18. The number of hydrogen-bond acceptors (Lipinski definition) is 6. The molecule has 0 aliphatic carbocycles. The number of hydrogen-bond donors (Lipinski definition) is 1. The van der Waals surface area contributed by atoms with Crippen LogP contribution in [0.1, 0.15) is 42.6 Å². The number of aromatic nitrogens is 5. The van der Waals surface area contributed by atoms with Gasteiger partial charge in [0.1, 0.15) is 17.2 Å². The summed E-state index contributed by atoms with van der Waals surface area (Å²) in [6.45, 7) is 5.81. The van der Waals surface area contributed by atoms with Crippen LogP contribution in [0.3, 0.4) is 0 Å². The van der Waals surface area contributed by atoms with Crippen LogP contribution in [0.25, 0.3) is 17.2 Å². The van der Waals surface area contributed by atoms with Crippen molar-refractivity contribution in [1.82, 2.24) is 30.1 Å². The van der Waals surface area contributed by atoms with E-state index in [2.05, 4.69) is 25.5 Å². The van der Waals surface area contributed by atoms with E-state index in [0.29, 0.717) is 11.4 Å². The van der Waals surface area contributed by atoms with Crippen LogP contribution in [0.2, 0.25) is 5.02 Å². The average Bonchev–Trinajstić information content (AvgIpc) is 3.35. The molecule has 0 spiro atoms. The van der Waals surface area contributed by atoms with Gasteiger partial charge in [0.15, 0.2) is 17.3 Å². The van der Waals surface area contributed by atoms with Crippen LogP contribution in [0.15, 0.2) is 35.0 Å². The van der Waals surface area contributed by atoms with Gasteiger partial charge in [-0.05, 0) is 17.7 Å². The summed E-state index contributed by atoms with van der Waals surface area (Å²) in [6.07, 6.45) is 0.981. The van der Waals surface area contributed by atoms with Gasteiger partial charge in [0.05, 0.1) is 11.2 Å². The smallest absolute Gasteiger partial charge is 0.276 e. The van der Waals surface area contributed by atoms with Crippen LogP contribution in [0.5, 0.6) is 0 Å². The molecule has 4 aromatic rings. The van der Waals surface area contributed by atoms with E-state index in [9.17, 15) is 13.6 Å². The minimum absolute atomic E-state index is 0.0547. The summed E-state index contributed by atoms with van der Waals surface area (Å²) in [7, 11) is 0. The van der Waals surface area contributed by atoms with Crippen molar-refractivity contribution in [2.75, 3.05) is 0 Å². The zero-order valence-corrected chi connectivity index (χ0v) is 17.5. The minimum atomic E-state index is -0.711. The number of nitrogens with zero attached hydrogens (tertiary/aromatic N) is 5. The van der Waals surface area contributed by atoms with Gasteiger partial charge in [0, 0.05) is 18.0 Å². The second-order valence-corrected chi connectivity index (χ2v) is 8.27. The van der Waals surface area contributed by atoms with E-state index in [1.165, 1.54) is 28.8 Å². The molecule has 0 saturated carbocycles. The van der Waals surface area contributed by atoms with Gasteiger partial charge in [0.2, 0.25) is 0 Å². The van der Waals surface area contributed by atoms with Crippen molar-refractivity contribution in [2.24, 2.45) is 0 Å². The number of halogens is 3. The van der Waals surface area contributed by atoms with Gasteiger partial charge in [0.25, 0.3) is 11.8 Å². The molecular weight excluding hydrogens is 430 g/mol. The highest BCUT2D eigenvalue weighted by Crippen LogP contribution is 2.25. The number of benzene rings is 1. The number of fused-ring (bicyclic) bond motifs is 1. The summed E-state index contributed by atoms with van der Waals surface area (Å²) in [5, 5.41) is 10.5. The summed E-state index contributed by atoms with van der Waals surface area (Å²) in [6, 6.07) is 5.48. The first-order valence-electron chi connectivity index (χ1n) is 9.24. The van der Waals surface area contributed by atoms with Crippen molar-refractivity contribution in [3.05, 3.63) is 64.2 Å². The molecule has 3 heterocycles. The highest BCUT2D eigenvalue weighted by atomic mass is 35.5. The van der Waals surface area contributed by atoms with Crippen LogP contribution in [-0.2, 0) is 12.0 Å². The molecule has 0 radical (unpaired) electrons. The maximum absolute atomic E-state index is 14.2. The molecule has 31 heavy (non-hydrogen) atoms. The van der Waals surface area contributed by atoms with Gasteiger partial charge in [-0.1, -0.05) is 43.6 Å². The highest BCUT2D eigenvalue weighted by Gasteiger charge is 2.25. The molecule has 1 aromatic carbocycles. The Morgan fingerprint density at radius 1 is 1.19 bits per heavy atom. The van der Waals surface area contributed by atoms with Gasteiger partial charge in [-0.25, -0.2) is 18.3 Å². The van der Waals surface area contributed by atoms with Gasteiger partial charge < -0.3 is 9.84 Å². The third-order valence-electron chi connectivity index (χ3n) is 4.41. The second kappa shape index (κ2) is 7.69. The quantitative estimate of drug-likeness (QED) is 0.510. The number of carbonyl (C=O) groups is 1. The Labute approximate surface area is 180 Å². The summed E-state index contributed by atoms with van der Waals surface area (Å²) in [4.78, 5) is 21.1. The molecule has 0 saturated heterocycles. The Balaban J connectivity index is 1.68. The highest BCUT2D eigenvalue weighted by molar-refractivity contribution is 6.30. The predicted octanol–water partition coefficient (Wildman–Crippen LogP) is 3.94. The number of rotatable bonds is 4. The molecule has 11 heteroatoms. The molecule has 0 bridgehead atoms. The fourth-order valence-electron chi connectivity index (χ4n) is 2.76. The van der Waals surface area contributed by atoms with Crippen LogP contribution in [0.4, 0.5) is 8.78 Å². The summed E-state index contributed by atoms with van der Waals surface area (Å²) in [5.74, 6) is -1.34. The Hall–Kier alpha value is -3.40. The molecule has 0 aliphatic rings. The van der Waals surface area contributed by atoms with Gasteiger partial charge in [-0.3, -0.25) is 4.79 Å². The Bertz CT molecular complexity index is 1290. The van der Waals surface area contributed by atoms with Crippen molar-refractivity contribution in [3.63, 3.8) is 0 Å².